The fraction of sp³-hybridized carbons (Fsp3) is 0.273. The van der Waals surface area contributed by atoms with Gasteiger partial charge >= 0.3 is 0 Å². The standard InChI is InChI=1S/C22H18F2O/c1-25-18-10-8-16(9-11-18)22(23,24)21(19-13-20(19)21)17-7-6-14-4-2-3-5-15(14)12-17/h2-12,19-20H,13H2,1H3. The highest BCUT2D eigenvalue weighted by atomic mass is 19.3. The number of fused-ring (bicyclic) bond motifs is 2. The summed E-state index contributed by atoms with van der Waals surface area (Å²) >= 11 is 0. The van der Waals surface area contributed by atoms with E-state index >= 15 is 8.78 Å². The summed E-state index contributed by atoms with van der Waals surface area (Å²) in [6.07, 6.45) is 0.915. The Kier molecular flexibility index (Phi) is 2.87. The van der Waals surface area contributed by atoms with E-state index in [9.17, 15) is 0 Å². The van der Waals surface area contributed by atoms with Crippen molar-refractivity contribution < 1.29 is 13.5 Å². The van der Waals surface area contributed by atoms with Crippen LogP contribution in [0.2, 0.25) is 0 Å². The van der Waals surface area contributed by atoms with E-state index in [1.165, 1.54) is 12.1 Å². The van der Waals surface area contributed by atoms with Crippen LogP contribution in [-0.2, 0) is 11.3 Å². The minimum absolute atomic E-state index is 0.0775. The summed E-state index contributed by atoms with van der Waals surface area (Å²) in [4.78, 5) is 0. The van der Waals surface area contributed by atoms with Crippen molar-refractivity contribution >= 4 is 10.8 Å². The highest BCUT2D eigenvalue weighted by Crippen LogP contribution is 2.84. The molecule has 2 unspecified atom stereocenters. The molecule has 0 saturated heterocycles. The lowest BCUT2D eigenvalue weighted by atomic mass is 9.76. The van der Waals surface area contributed by atoms with Crippen molar-refractivity contribution in [3.8, 4) is 5.75 Å². The van der Waals surface area contributed by atoms with Crippen molar-refractivity contribution in [2.24, 2.45) is 11.8 Å². The van der Waals surface area contributed by atoms with Crippen LogP contribution in [0.4, 0.5) is 8.78 Å². The first-order valence-electron chi connectivity index (χ1n) is 8.60. The van der Waals surface area contributed by atoms with Gasteiger partial charge in [-0.2, -0.15) is 0 Å². The normalized spacial score (nSPS) is 27.0. The predicted octanol–water partition coefficient (Wildman–Crippen LogP) is 5.53. The monoisotopic (exact) mass is 336 g/mol. The molecule has 0 bridgehead atoms. The Morgan fingerprint density at radius 3 is 2.20 bits per heavy atom. The van der Waals surface area contributed by atoms with E-state index in [0.717, 1.165) is 22.8 Å². The molecule has 0 aliphatic heterocycles. The second-order valence-corrected chi connectivity index (χ2v) is 7.18. The van der Waals surface area contributed by atoms with E-state index in [4.69, 9.17) is 4.74 Å². The summed E-state index contributed by atoms with van der Waals surface area (Å²) in [5, 5.41) is 2.11. The van der Waals surface area contributed by atoms with E-state index in [1.54, 1.807) is 19.2 Å². The Bertz CT molecular complexity index is 953. The fourth-order valence-electron chi connectivity index (χ4n) is 4.51. The Balaban J connectivity index is 1.61. The number of hydrogen-bond donors (Lipinski definition) is 0. The molecule has 5 rings (SSSR count). The zero-order valence-corrected chi connectivity index (χ0v) is 13.9. The van der Waals surface area contributed by atoms with Gasteiger partial charge in [-0.15, -0.1) is 0 Å². The van der Waals surface area contributed by atoms with Gasteiger partial charge in [0.05, 0.1) is 12.5 Å². The van der Waals surface area contributed by atoms with Crippen LogP contribution < -0.4 is 4.74 Å². The van der Waals surface area contributed by atoms with Crippen LogP contribution in [0.1, 0.15) is 17.5 Å². The smallest absolute Gasteiger partial charge is 0.283 e. The van der Waals surface area contributed by atoms with Crippen LogP contribution in [0.25, 0.3) is 10.8 Å². The quantitative estimate of drug-likeness (QED) is 0.609. The molecular weight excluding hydrogens is 318 g/mol. The summed E-state index contributed by atoms with van der Waals surface area (Å²) < 4.78 is 36.2. The Labute approximate surface area is 145 Å². The molecule has 3 heteroatoms. The van der Waals surface area contributed by atoms with Gasteiger partial charge in [-0.05, 0) is 58.9 Å². The first-order chi connectivity index (χ1) is 12.1. The molecule has 25 heavy (non-hydrogen) atoms. The lowest BCUT2D eigenvalue weighted by Crippen LogP contribution is -2.37. The van der Waals surface area contributed by atoms with Crippen molar-refractivity contribution in [3.05, 3.63) is 77.9 Å². The highest BCUT2D eigenvalue weighted by molar-refractivity contribution is 5.83. The molecule has 2 saturated carbocycles. The molecule has 0 aromatic heterocycles. The number of halogens is 2. The molecule has 3 aromatic rings. The van der Waals surface area contributed by atoms with Crippen molar-refractivity contribution in [1.29, 1.82) is 0 Å². The van der Waals surface area contributed by atoms with Gasteiger partial charge in [0.1, 0.15) is 5.75 Å². The topological polar surface area (TPSA) is 9.23 Å². The largest absolute Gasteiger partial charge is 0.497 e. The van der Waals surface area contributed by atoms with Crippen LogP contribution >= 0.6 is 0 Å². The average molecular weight is 336 g/mol. The zero-order chi connectivity index (χ0) is 17.2. The number of alkyl halides is 2. The predicted molar refractivity (Wildman–Crippen MR) is 94.1 cm³/mol. The Morgan fingerprint density at radius 2 is 1.60 bits per heavy atom. The molecule has 3 aromatic carbocycles. The second kappa shape index (κ2) is 4.81. The van der Waals surface area contributed by atoms with Crippen molar-refractivity contribution in [1.82, 2.24) is 0 Å². The highest BCUT2D eigenvalue weighted by Gasteiger charge is 2.86. The van der Waals surface area contributed by atoms with E-state index in [0.29, 0.717) is 5.75 Å². The molecule has 0 spiro atoms. The van der Waals surface area contributed by atoms with Gasteiger partial charge in [0, 0.05) is 5.56 Å². The summed E-state index contributed by atoms with van der Waals surface area (Å²) in [5.41, 5.74) is -0.187. The summed E-state index contributed by atoms with van der Waals surface area (Å²) in [7, 11) is 1.54. The number of ether oxygens (including phenoxy) is 1. The zero-order valence-electron chi connectivity index (χ0n) is 13.9. The van der Waals surface area contributed by atoms with Crippen LogP contribution in [-0.4, -0.2) is 7.11 Å². The van der Waals surface area contributed by atoms with E-state index in [1.807, 2.05) is 42.5 Å². The lowest BCUT2D eigenvalue weighted by molar-refractivity contribution is -0.0668. The Morgan fingerprint density at radius 1 is 0.920 bits per heavy atom. The summed E-state index contributed by atoms with van der Waals surface area (Å²) in [5.74, 6) is -2.08. The van der Waals surface area contributed by atoms with Crippen LogP contribution in [0.5, 0.6) is 5.75 Å². The molecule has 0 radical (unpaired) electrons. The maximum absolute atomic E-state index is 15.6. The molecule has 0 amide bonds. The molecular formula is C22H18F2O. The number of methoxy groups -OCH3 is 1. The average Bonchev–Trinajstić information content (AvgIpc) is 3.54. The minimum Gasteiger partial charge on any atom is -0.497 e. The van der Waals surface area contributed by atoms with Gasteiger partial charge < -0.3 is 4.74 Å². The minimum atomic E-state index is -2.88. The Hall–Kier alpha value is -2.42. The molecule has 1 nitrogen and oxygen atoms in total. The van der Waals surface area contributed by atoms with E-state index in [2.05, 4.69) is 0 Å². The molecule has 2 fully saturated rings. The van der Waals surface area contributed by atoms with Gasteiger partial charge in [0.15, 0.2) is 0 Å². The molecule has 126 valence electrons. The maximum atomic E-state index is 15.6. The molecule has 0 N–H and O–H groups in total. The third-order valence-electron chi connectivity index (χ3n) is 6.05. The first-order valence-corrected chi connectivity index (χ1v) is 8.60. The van der Waals surface area contributed by atoms with Crippen LogP contribution in [0.15, 0.2) is 66.7 Å². The maximum Gasteiger partial charge on any atom is 0.283 e. The number of rotatable bonds is 4. The van der Waals surface area contributed by atoms with Crippen molar-refractivity contribution in [3.63, 3.8) is 0 Å². The second-order valence-electron chi connectivity index (χ2n) is 7.18. The van der Waals surface area contributed by atoms with Gasteiger partial charge in [0.25, 0.3) is 5.92 Å². The third-order valence-corrected chi connectivity index (χ3v) is 6.05. The van der Waals surface area contributed by atoms with Crippen molar-refractivity contribution in [2.45, 2.75) is 17.8 Å². The third kappa shape index (κ3) is 1.87. The van der Waals surface area contributed by atoms with Gasteiger partial charge in [-0.25, -0.2) is 8.78 Å². The molecule has 2 atom stereocenters. The number of hydrogen-bond acceptors (Lipinski definition) is 1. The fourth-order valence-corrected chi connectivity index (χ4v) is 4.51. The SMILES string of the molecule is COc1ccc(C(F)(F)C2(c3ccc4ccccc4c3)C3CC32)cc1. The van der Waals surface area contributed by atoms with Crippen LogP contribution in [0.3, 0.4) is 0 Å². The van der Waals surface area contributed by atoms with Gasteiger partial charge in [0.2, 0.25) is 0 Å². The van der Waals surface area contributed by atoms with E-state index in [-0.39, 0.29) is 17.4 Å². The van der Waals surface area contributed by atoms with Crippen LogP contribution in [0, 0.1) is 11.8 Å². The molecule has 2 aliphatic carbocycles. The first kappa shape index (κ1) is 14.9. The molecule has 0 heterocycles. The lowest BCUT2D eigenvalue weighted by Gasteiger charge is -2.33. The van der Waals surface area contributed by atoms with Gasteiger partial charge in [-0.1, -0.05) is 42.5 Å². The number of benzene rings is 3. The summed E-state index contributed by atoms with van der Waals surface area (Å²) in [6, 6.07) is 20.0. The van der Waals surface area contributed by atoms with E-state index < -0.39 is 11.3 Å². The molecule has 2 aliphatic rings. The van der Waals surface area contributed by atoms with Crippen molar-refractivity contribution in [2.75, 3.05) is 7.11 Å². The summed E-state index contributed by atoms with van der Waals surface area (Å²) in [6.45, 7) is 0. The van der Waals surface area contributed by atoms with Gasteiger partial charge in [-0.3, -0.25) is 0 Å².